The number of nitrogens with two attached hydrogens (primary N) is 1. The lowest BCUT2D eigenvalue weighted by atomic mass is 10.5. The van der Waals surface area contributed by atoms with Crippen LogP contribution >= 0.6 is 0 Å². The summed E-state index contributed by atoms with van der Waals surface area (Å²) < 4.78 is 6.87. The van der Waals surface area contributed by atoms with Crippen LogP contribution in [-0.2, 0) is 13.1 Å². The summed E-state index contributed by atoms with van der Waals surface area (Å²) in [6, 6.07) is 0. The summed E-state index contributed by atoms with van der Waals surface area (Å²) in [5.41, 5.74) is 5.50. The van der Waals surface area contributed by atoms with Gasteiger partial charge < -0.3 is 14.8 Å². The molecule has 0 atom stereocenters. The summed E-state index contributed by atoms with van der Waals surface area (Å²) in [5, 5.41) is 3.70. The maximum atomic E-state index is 5.50. The van der Waals surface area contributed by atoms with E-state index in [0.29, 0.717) is 24.8 Å². The molecule has 0 aromatic carbocycles. The molecule has 0 amide bonds. The molecule has 0 spiro atoms. The number of aromatic nitrogens is 4. The molecule has 14 heavy (non-hydrogen) atoms. The summed E-state index contributed by atoms with van der Waals surface area (Å²) in [6.07, 6.45) is 3.53. The van der Waals surface area contributed by atoms with Crippen molar-refractivity contribution < 1.29 is 4.52 Å². The minimum atomic E-state index is 0.403. The van der Waals surface area contributed by atoms with Crippen molar-refractivity contribution in [2.24, 2.45) is 5.73 Å². The summed E-state index contributed by atoms with van der Waals surface area (Å²) in [4.78, 5) is 8.18. The molecule has 2 N–H and O–H groups in total. The number of imidazole rings is 1. The lowest BCUT2D eigenvalue weighted by Gasteiger charge is -2.01. The van der Waals surface area contributed by atoms with E-state index in [-0.39, 0.29) is 0 Å². The number of hydrogen-bond acceptors (Lipinski definition) is 5. The van der Waals surface area contributed by atoms with Gasteiger partial charge in [0.05, 0.1) is 6.54 Å². The zero-order valence-corrected chi connectivity index (χ0v) is 7.84. The van der Waals surface area contributed by atoms with Crippen molar-refractivity contribution >= 4 is 0 Å². The Morgan fingerprint density at radius 1 is 1.57 bits per heavy atom. The van der Waals surface area contributed by atoms with Gasteiger partial charge in [-0.2, -0.15) is 4.98 Å². The highest BCUT2D eigenvalue weighted by Gasteiger charge is 2.06. The monoisotopic (exact) mass is 193 g/mol. The molecule has 2 heterocycles. The fraction of sp³-hybridized carbons (Fsp3) is 0.375. The Bertz CT molecular complexity index is 419. The second-order valence-corrected chi connectivity index (χ2v) is 2.91. The van der Waals surface area contributed by atoms with Crippen LogP contribution in [0.25, 0.3) is 0 Å². The highest BCUT2D eigenvalue weighted by atomic mass is 16.5. The van der Waals surface area contributed by atoms with Gasteiger partial charge in [0.2, 0.25) is 5.89 Å². The van der Waals surface area contributed by atoms with Crippen molar-refractivity contribution in [2.75, 3.05) is 0 Å². The molecule has 2 aromatic rings. The minimum Gasteiger partial charge on any atom is -0.337 e. The second-order valence-electron chi connectivity index (χ2n) is 2.91. The SMILES string of the molecule is Cc1noc(Cn2ccnc2CN)n1. The van der Waals surface area contributed by atoms with Gasteiger partial charge in [-0.1, -0.05) is 5.16 Å². The normalized spacial score (nSPS) is 10.7. The maximum Gasteiger partial charge on any atom is 0.246 e. The predicted octanol–water partition coefficient (Wildman–Crippen LogP) is 0.0815. The van der Waals surface area contributed by atoms with Crippen LogP contribution in [0, 0.1) is 6.92 Å². The van der Waals surface area contributed by atoms with Gasteiger partial charge in [-0.3, -0.25) is 0 Å². The molecule has 2 rings (SSSR count). The molecule has 0 aliphatic heterocycles. The predicted molar refractivity (Wildman–Crippen MR) is 48.3 cm³/mol. The minimum absolute atomic E-state index is 0.403. The standard InChI is InChI=1S/C8H11N5O/c1-6-11-8(14-12-6)5-13-3-2-10-7(13)4-9/h2-3H,4-5,9H2,1H3. The van der Waals surface area contributed by atoms with E-state index < -0.39 is 0 Å². The van der Waals surface area contributed by atoms with Crippen LogP contribution in [-0.4, -0.2) is 19.7 Å². The molecule has 0 saturated heterocycles. The Hall–Kier alpha value is -1.69. The van der Waals surface area contributed by atoms with Crippen molar-refractivity contribution in [3.05, 3.63) is 29.9 Å². The molecule has 2 aromatic heterocycles. The van der Waals surface area contributed by atoms with Crippen molar-refractivity contribution in [3.63, 3.8) is 0 Å². The van der Waals surface area contributed by atoms with Crippen LogP contribution in [0.3, 0.4) is 0 Å². The van der Waals surface area contributed by atoms with Crippen molar-refractivity contribution in [2.45, 2.75) is 20.0 Å². The van der Waals surface area contributed by atoms with E-state index in [4.69, 9.17) is 10.3 Å². The number of rotatable bonds is 3. The van der Waals surface area contributed by atoms with E-state index in [1.165, 1.54) is 0 Å². The topological polar surface area (TPSA) is 82.8 Å². The quantitative estimate of drug-likeness (QED) is 0.746. The summed E-state index contributed by atoms with van der Waals surface area (Å²) in [6.45, 7) is 2.71. The molecule has 6 heteroatoms. The Morgan fingerprint density at radius 3 is 3.07 bits per heavy atom. The largest absolute Gasteiger partial charge is 0.337 e. The zero-order valence-electron chi connectivity index (χ0n) is 7.84. The molecule has 0 aliphatic rings. The third-order valence-corrected chi connectivity index (χ3v) is 1.86. The van der Waals surface area contributed by atoms with Crippen LogP contribution in [0.2, 0.25) is 0 Å². The molecule has 6 nitrogen and oxygen atoms in total. The average Bonchev–Trinajstić information content (AvgIpc) is 2.76. The van der Waals surface area contributed by atoms with Gasteiger partial charge in [0.1, 0.15) is 12.4 Å². The van der Waals surface area contributed by atoms with E-state index in [1.54, 1.807) is 13.1 Å². The first kappa shape index (κ1) is 8.89. The van der Waals surface area contributed by atoms with Crippen LogP contribution in [0.4, 0.5) is 0 Å². The van der Waals surface area contributed by atoms with Gasteiger partial charge in [0, 0.05) is 12.4 Å². The molecule has 0 fully saturated rings. The fourth-order valence-corrected chi connectivity index (χ4v) is 1.22. The Labute approximate surface area is 80.7 Å². The van der Waals surface area contributed by atoms with Gasteiger partial charge in [-0.15, -0.1) is 0 Å². The van der Waals surface area contributed by atoms with Crippen LogP contribution in [0.15, 0.2) is 16.9 Å². The summed E-state index contributed by atoms with van der Waals surface area (Å²) in [5.74, 6) is 2.01. The van der Waals surface area contributed by atoms with Gasteiger partial charge in [0.15, 0.2) is 5.82 Å². The number of hydrogen-bond donors (Lipinski definition) is 1. The Kier molecular flexibility index (Phi) is 2.28. The summed E-state index contributed by atoms with van der Waals surface area (Å²) in [7, 11) is 0. The van der Waals surface area contributed by atoms with Crippen molar-refractivity contribution in [1.29, 1.82) is 0 Å². The fourth-order valence-electron chi connectivity index (χ4n) is 1.22. The van der Waals surface area contributed by atoms with Gasteiger partial charge >= 0.3 is 0 Å². The molecule has 0 aliphatic carbocycles. The molecule has 0 radical (unpaired) electrons. The Morgan fingerprint density at radius 2 is 2.43 bits per heavy atom. The molecule has 74 valence electrons. The highest BCUT2D eigenvalue weighted by Crippen LogP contribution is 2.02. The van der Waals surface area contributed by atoms with Gasteiger partial charge in [-0.25, -0.2) is 4.98 Å². The van der Waals surface area contributed by atoms with Crippen LogP contribution in [0.1, 0.15) is 17.5 Å². The molecular formula is C8H11N5O. The first-order valence-electron chi connectivity index (χ1n) is 4.29. The lowest BCUT2D eigenvalue weighted by Crippen LogP contribution is -2.08. The molecular weight excluding hydrogens is 182 g/mol. The van der Waals surface area contributed by atoms with E-state index in [0.717, 1.165) is 5.82 Å². The highest BCUT2D eigenvalue weighted by molar-refractivity contribution is 4.95. The second kappa shape index (κ2) is 3.59. The van der Waals surface area contributed by atoms with Crippen molar-refractivity contribution in [1.82, 2.24) is 19.7 Å². The van der Waals surface area contributed by atoms with Crippen molar-refractivity contribution in [3.8, 4) is 0 Å². The average molecular weight is 193 g/mol. The smallest absolute Gasteiger partial charge is 0.246 e. The third kappa shape index (κ3) is 1.64. The van der Waals surface area contributed by atoms with Gasteiger partial charge in [-0.05, 0) is 6.92 Å². The van der Waals surface area contributed by atoms with E-state index in [9.17, 15) is 0 Å². The molecule has 0 bridgehead atoms. The van der Waals surface area contributed by atoms with Crippen LogP contribution < -0.4 is 5.73 Å². The first-order chi connectivity index (χ1) is 6.79. The molecule has 0 unspecified atom stereocenters. The lowest BCUT2D eigenvalue weighted by molar-refractivity contribution is 0.366. The third-order valence-electron chi connectivity index (χ3n) is 1.86. The van der Waals surface area contributed by atoms with Gasteiger partial charge in [0.25, 0.3) is 0 Å². The number of aryl methyl sites for hydroxylation is 1. The van der Waals surface area contributed by atoms with Crippen LogP contribution in [0.5, 0.6) is 0 Å². The zero-order chi connectivity index (χ0) is 9.97. The maximum absolute atomic E-state index is 5.50. The molecule has 0 saturated carbocycles. The first-order valence-corrected chi connectivity index (χ1v) is 4.29. The Balaban J connectivity index is 2.18. The van der Waals surface area contributed by atoms with E-state index in [1.807, 2.05) is 10.8 Å². The van der Waals surface area contributed by atoms with E-state index in [2.05, 4.69) is 15.1 Å². The number of nitrogens with zero attached hydrogens (tertiary/aromatic N) is 4. The summed E-state index contributed by atoms with van der Waals surface area (Å²) >= 11 is 0. The van der Waals surface area contributed by atoms with E-state index >= 15 is 0 Å².